The molecule has 0 saturated heterocycles. The molecule has 6 nitrogen and oxygen atoms in total. The van der Waals surface area contributed by atoms with Crippen LogP contribution in [0.5, 0.6) is 0 Å². The number of carbonyl (C=O) groups excluding carboxylic acids is 2. The molecule has 1 aromatic carbocycles. The predicted molar refractivity (Wildman–Crippen MR) is 82.8 cm³/mol. The van der Waals surface area contributed by atoms with Gasteiger partial charge >= 0.3 is 12.1 Å². The molecule has 122 valence electrons. The van der Waals surface area contributed by atoms with Crippen LogP contribution in [0.4, 0.5) is 4.79 Å². The van der Waals surface area contributed by atoms with Gasteiger partial charge in [-0.25, -0.2) is 9.80 Å². The second-order valence-electron chi connectivity index (χ2n) is 5.17. The van der Waals surface area contributed by atoms with Crippen molar-refractivity contribution in [2.75, 3.05) is 13.7 Å². The number of benzene rings is 1. The van der Waals surface area contributed by atoms with Gasteiger partial charge in [-0.2, -0.15) is 0 Å². The first-order chi connectivity index (χ1) is 10.5. The van der Waals surface area contributed by atoms with E-state index < -0.39 is 12.1 Å². The van der Waals surface area contributed by atoms with Crippen molar-refractivity contribution in [3.63, 3.8) is 0 Å². The van der Waals surface area contributed by atoms with E-state index in [1.54, 1.807) is 0 Å². The van der Waals surface area contributed by atoms with E-state index >= 15 is 0 Å². The third-order valence-electron chi connectivity index (χ3n) is 3.20. The first-order valence-corrected chi connectivity index (χ1v) is 7.31. The average Bonchev–Trinajstić information content (AvgIpc) is 2.52. The first kappa shape index (κ1) is 18.0. The van der Waals surface area contributed by atoms with Gasteiger partial charge < -0.3 is 9.47 Å². The Morgan fingerprint density at radius 2 is 1.86 bits per heavy atom. The molecule has 1 atom stereocenters. The van der Waals surface area contributed by atoms with E-state index in [0.717, 1.165) is 5.56 Å². The van der Waals surface area contributed by atoms with Gasteiger partial charge in [-0.3, -0.25) is 10.2 Å². The second-order valence-corrected chi connectivity index (χ2v) is 5.17. The highest BCUT2D eigenvalue weighted by atomic mass is 16.6. The van der Waals surface area contributed by atoms with Crippen molar-refractivity contribution in [1.82, 2.24) is 10.4 Å². The van der Waals surface area contributed by atoms with Crippen LogP contribution in [-0.2, 0) is 20.9 Å². The largest absolute Gasteiger partial charge is 0.468 e. The predicted octanol–water partition coefficient (Wildman–Crippen LogP) is 2.35. The molecule has 0 saturated carbocycles. The van der Waals surface area contributed by atoms with E-state index in [9.17, 15) is 9.59 Å². The molecule has 0 aromatic heterocycles. The number of hydrazine groups is 1. The molecule has 6 heteroatoms. The second kappa shape index (κ2) is 9.04. The van der Waals surface area contributed by atoms with Gasteiger partial charge in [-0.15, -0.1) is 0 Å². The summed E-state index contributed by atoms with van der Waals surface area (Å²) >= 11 is 0. The van der Waals surface area contributed by atoms with Crippen LogP contribution in [0.15, 0.2) is 30.3 Å². The average molecular weight is 308 g/mol. The van der Waals surface area contributed by atoms with Crippen molar-refractivity contribution >= 4 is 12.1 Å². The van der Waals surface area contributed by atoms with Gasteiger partial charge in [0.25, 0.3) is 0 Å². The minimum Gasteiger partial charge on any atom is -0.468 e. The highest BCUT2D eigenvalue weighted by molar-refractivity contribution is 5.76. The van der Waals surface area contributed by atoms with E-state index in [1.165, 1.54) is 12.1 Å². The lowest BCUT2D eigenvalue weighted by Gasteiger charge is -2.30. The molecule has 1 amide bonds. The number of nitrogens with zero attached hydrogens (tertiary/aromatic N) is 1. The molecule has 1 rings (SSSR count). The molecular formula is C16H24N2O4. The van der Waals surface area contributed by atoms with Gasteiger partial charge in [-0.05, 0) is 11.5 Å². The maximum Gasteiger partial charge on any atom is 0.422 e. The third kappa shape index (κ3) is 5.37. The van der Waals surface area contributed by atoms with Gasteiger partial charge in [0, 0.05) is 6.54 Å². The molecule has 22 heavy (non-hydrogen) atoms. The number of ether oxygens (including phenoxy) is 2. The number of hydrogen-bond donors (Lipinski definition) is 1. The molecule has 0 heterocycles. The number of likely N-dealkylation sites (N-methyl/N-ethyl adjacent to an activating group) is 1. The van der Waals surface area contributed by atoms with Gasteiger partial charge in [-0.1, -0.05) is 51.1 Å². The quantitative estimate of drug-likeness (QED) is 0.618. The Balaban J connectivity index is 2.60. The number of nitrogens with one attached hydrogen (secondary N) is 1. The third-order valence-corrected chi connectivity index (χ3v) is 3.20. The van der Waals surface area contributed by atoms with E-state index in [4.69, 9.17) is 9.47 Å². The smallest absolute Gasteiger partial charge is 0.422 e. The first-order valence-electron chi connectivity index (χ1n) is 7.31. The number of amides is 1. The van der Waals surface area contributed by atoms with Crippen molar-refractivity contribution in [2.45, 2.75) is 33.4 Å². The maximum absolute atomic E-state index is 11.9. The molecule has 0 aliphatic heterocycles. The van der Waals surface area contributed by atoms with E-state index in [0.29, 0.717) is 6.54 Å². The van der Waals surface area contributed by atoms with Crippen molar-refractivity contribution < 1.29 is 19.1 Å². The highest BCUT2D eigenvalue weighted by Crippen LogP contribution is 2.11. The van der Waals surface area contributed by atoms with Crippen molar-refractivity contribution in [2.24, 2.45) is 5.92 Å². The van der Waals surface area contributed by atoms with Crippen LogP contribution in [0.3, 0.4) is 0 Å². The molecule has 0 bridgehead atoms. The molecule has 0 unspecified atom stereocenters. The summed E-state index contributed by atoms with van der Waals surface area (Å²) in [6, 6.07) is 8.83. The van der Waals surface area contributed by atoms with Crippen LogP contribution in [0.1, 0.15) is 26.3 Å². The molecule has 0 radical (unpaired) electrons. The van der Waals surface area contributed by atoms with Crippen molar-refractivity contribution in [3.8, 4) is 0 Å². The van der Waals surface area contributed by atoms with Crippen molar-refractivity contribution in [3.05, 3.63) is 35.9 Å². The monoisotopic (exact) mass is 308 g/mol. The standard InChI is InChI=1S/C16H24N2O4/c1-5-18(14(12(2)3)15(19)21-4)17-16(20)22-11-13-9-7-6-8-10-13/h6-10,12,14H,5,11H2,1-4H3,(H,17,20)/t14-/m0/s1. The molecule has 1 aromatic rings. The normalized spacial score (nSPS) is 12.1. The van der Waals surface area contributed by atoms with Crippen molar-refractivity contribution in [1.29, 1.82) is 0 Å². The van der Waals surface area contributed by atoms with Gasteiger partial charge in [0.1, 0.15) is 12.6 Å². The zero-order valence-electron chi connectivity index (χ0n) is 13.5. The fourth-order valence-corrected chi connectivity index (χ4v) is 2.10. The summed E-state index contributed by atoms with van der Waals surface area (Å²) in [7, 11) is 1.33. The van der Waals surface area contributed by atoms with Crippen LogP contribution >= 0.6 is 0 Å². The van der Waals surface area contributed by atoms with E-state index in [2.05, 4.69) is 5.43 Å². The summed E-state index contributed by atoms with van der Waals surface area (Å²) in [5.74, 6) is -0.401. The van der Waals surface area contributed by atoms with E-state index in [-0.39, 0.29) is 18.5 Å². The molecule has 0 aliphatic rings. The van der Waals surface area contributed by atoms with E-state index in [1.807, 2.05) is 51.1 Å². The Morgan fingerprint density at radius 3 is 2.36 bits per heavy atom. The summed E-state index contributed by atoms with van der Waals surface area (Å²) in [5, 5.41) is 1.53. The topological polar surface area (TPSA) is 67.9 Å². The Labute approximate surface area is 131 Å². The summed E-state index contributed by atoms with van der Waals surface area (Å²) in [5.41, 5.74) is 3.50. The zero-order chi connectivity index (χ0) is 16.5. The number of esters is 1. The Morgan fingerprint density at radius 1 is 1.23 bits per heavy atom. The summed E-state index contributed by atoms with van der Waals surface area (Å²) < 4.78 is 9.95. The summed E-state index contributed by atoms with van der Waals surface area (Å²) in [6.07, 6.45) is -0.597. The minimum atomic E-state index is -0.597. The summed E-state index contributed by atoms with van der Waals surface area (Å²) in [4.78, 5) is 23.8. The molecule has 1 N–H and O–H groups in total. The summed E-state index contributed by atoms with van der Waals surface area (Å²) in [6.45, 7) is 6.26. The molecular weight excluding hydrogens is 284 g/mol. The molecule has 0 fully saturated rings. The van der Waals surface area contributed by atoms with Gasteiger partial charge in [0.2, 0.25) is 0 Å². The SMILES string of the molecule is CCN(NC(=O)OCc1ccccc1)[C@H](C(=O)OC)C(C)C. The number of carbonyl (C=O) groups is 2. The minimum absolute atomic E-state index is 0.0122. The molecule has 0 spiro atoms. The van der Waals surface area contributed by atoms with Crippen LogP contribution in [0.2, 0.25) is 0 Å². The Hall–Kier alpha value is -2.08. The van der Waals surface area contributed by atoms with Crippen LogP contribution in [0.25, 0.3) is 0 Å². The zero-order valence-corrected chi connectivity index (χ0v) is 13.5. The van der Waals surface area contributed by atoms with Gasteiger partial charge in [0.15, 0.2) is 0 Å². The lowest BCUT2D eigenvalue weighted by atomic mass is 10.0. The highest BCUT2D eigenvalue weighted by Gasteiger charge is 2.30. The van der Waals surface area contributed by atoms with Crippen LogP contribution in [0, 0.1) is 5.92 Å². The van der Waals surface area contributed by atoms with Crippen LogP contribution in [-0.4, -0.2) is 36.8 Å². The molecule has 0 aliphatic carbocycles. The van der Waals surface area contributed by atoms with Crippen LogP contribution < -0.4 is 5.43 Å². The number of hydrogen-bond acceptors (Lipinski definition) is 5. The Kier molecular flexibility index (Phi) is 7.39. The maximum atomic E-state index is 11.9. The van der Waals surface area contributed by atoms with Gasteiger partial charge in [0.05, 0.1) is 7.11 Å². The lowest BCUT2D eigenvalue weighted by molar-refractivity contribution is -0.150. The fraction of sp³-hybridized carbons (Fsp3) is 0.500. The number of methoxy groups -OCH3 is 1. The number of rotatable bonds is 7. The lowest BCUT2D eigenvalue weighted by Crippen LogP contribution is -2.54. The fourth-order valence-electron chi connectivity index (χ4n) is 2.10. The Bertz CT molecular complexity index is 476.